The van der Waals surface area contributed by atoms with E-state index in [0.717, 1.165) is 0 Å². The van der Waals surface area contributed by atoms with Crippen molar-refractivity contribution in [2.75, 3.05) is 0 Å². The monoisotopic (exact) mass is 215 g/mol. The van der Waals surface area contributed by atoms with E-state index in [-0.39, 0.29) is 5.78 Å². The third kappa shape index (κ3) is 1.93. The van der Waals surface area contributed by atoms with Gasteiger partial charge >= 0.3 is 0 Å². The zero-order valence-corrected chi connectivity index (χ0v) is 8.10. The Morgan fingerprint density at radius 2 is 2.27 bits per heavy atom. The molecule has 0 radical (unpaired) electrons. The molecule has 0 aliphatic carbocycles. The zero-order valence-electron chi connectivity index (χ0n) is 6.52. The second-order valence-corrected chi connectivity index (χ2v) is 4.88. The molecule has 3 heteroatoms. The lowest BCUT2D eigenvalue weighted by Gasteiger charge is -2.12. The highest BCUT2D eigenvalue weighted by Gasteiger charge is 2.24. The summed E-state index contributed by atoms with van der Waals surface area (Å²) in [5.74, 6) is 0.0961. The molecule has 0 aliphatic rings. The quantitative estimate of drug-likeness (QED) is 0.597. The van der Waals surface area contributed by atoms with Gasteiger partial charge in [-0.25, -0.2) is 0 Å². The SMILES string of the molecule is CC(C)(Br)C(=O)c1cc[nH]c1. The number of alkyl halides is 1. The Balaban J connectivity index is 2.88. The molecule has 0 saturated heterocycles. The van der Waals surface area contributed by atoms with Crippen LogP contribution in [0, 0.1) is 0 Å². The summed E-state index contributed by atoms with van der Waals surface area (Å²) in [4.78, 5) is 14.3. The average Bonchev–Trinajstić information content (AvgIpc) is 2.34. The summed E-state index contributed by atoms with van der Waals surface area (Å²) in [6.45, 7) is 3.67. The molecule has 0 amide bonds. The number of aromatic nitrogens is 1. The fourth-order valence-corrected chi connectivity index (χ4v) is 1.04. The number of rotatable bonds is 2. The maximum atomic E-state index is 11.5. The van der Waals surface area contributed by atoms with E-state index in [1.165, 1.54) is 0 Å². The van der Waals surface area contributed by atoms with Crippen LogP contribution < -0.4 is 0 Å². The molecule has 1 N–H and O–H groups in total. The molecule has 0 unspecified atom stereocenters. The molecule has 2 nitrogen and oxygen atoms in total. The van der Waals surface area contributed by atoms with E-state index in [9.17, 15) is 4.79 Å². The molecule has 1 aromatic heterocycles. The van der Waals surface area contributed by atoms with Crippen LogP contribution in [0.15, 0.2) is 18.5 Å². The molecule has 0 bridgehead atoms. The summed E-state index contributed by atoms with van der Waals surface area (Å²) >= 11 is 3.30. The topological polar surface area (TPSA) is 32.9 Å². The summed E-state index contributed by atoms with van der Waals surface area (Å²) in [6.07, 6.45) is 3.44. The fourth-order valence-electron chi connectivity index (χ4n) is 0.808. The van der Waals surface area contributed by atoms with Crippen LogP contribution in [0.2, 0.25) is 0 Å². The summed E-state index contributed by atoms with van der Waals surface area (Å²) < 4.78 is -0.463. The van der Waals surface area contributed by atoms with Crippen LogP contribution in [0.4, 0.5) is 0 Å². The molecule has 1 aromatic rings. The lowest BCUT2D eigenvalue weighted by molar-refractivity contribution is 0.0961. The van der Waals surface area contributed by atoms with Gasteiger partial charge in [-0.2, -0.15) is 0 Å². The highest BCUT2D eigenvalue weighted by molar-refractivity contribution is 9.10. The molecular weight excluding hydrogens is 206 g/mol. The fraction of sp³-hybridized carbons (Fsp3) is 0.375. The minimum atomic E-state index is -0.463. The highest BCUT2D eigenvalue weighted by atomic mass is 79.9. The standard InChI is InChI=1S/C8H10BrNO/c1-8(2,9)7(11)6-3-4-10-5-6/h3-5,10H,1-2H3. The van der Waals surface area contributed by atoms with Crippen molar-refractivity contribution in [1.82, 2.24) is 4.98 Å². The van der Waals surface area contributed by atoms with Gasteiger partial charge < -0.3 is 4.98 Å². The Bertz CT molecular complexity index is 246. The first-order valence-electron chi connectivity index (χ1n) is 3.38. The van der Waals surface area contributed by atoms with Gasteiger partial charge in [0.1, 0.15) is 0 Å². The van der Waals surface area contributed by atoms with Gasteiger partial charge in [0, 0.05) is 18.0 Å². The third-order valence-corrected chi connectivity index (χ3v) is 1.76. The van der Waals surface area contributed by atoms with Crippen LogP contribution in [0.3, 0.4) is 0 Å². The number of Topliss-reactive ketones (excluding diaryl/α,β-unsaturated/α-hetero) is 1. The van der Waals surface area contributed by atoms with Crippen molar-refractivity contribution in [3.63, 3.8) is 0 Å². The minimum absolute atomic E-state index is 0.0961. The number of aromatic amines is 1. The van der Waals surface area contributed by atoms with Crippen LogP contribution in [-0.4, -0.2) is 15.1 Å². The van der Waals surface area contributed by atoms with E-state index in [0.29, 0.717) is 5.56 Å². The molecule has 0 atom stereocenters. The zero-order chi connectivity index (χ0) is 8.48. The molecule has 1 heterocycles. The van der Waals surface area contributed by atoms with Gasteiger partial charge in [0.2, 0.25) is 0 Å². The maximum Gasteiger partial charge on any atom is 0.180 e. The minimum Gasteiger partial charge on any atom is -0.367 e. The van der Waals surface area contributed by atoms with Gasteiger partial charge in [-0.15, -0.1) is 0 Å². The molecule has 11 heavy (non-hydrogen) atoms. The summed E-state index contributed by atoms with van der Waals surface area (Å²) in [6, 6.07) is 1.77. The molecule has 0 fully saturated rings. The van der Waals surface area contributed by atoms with Crippen molar-refractivity contribution >= 4 is 21.7 Å². The van der Waals surface area contributed by atoms with E-state index in [1.807, 2.05) is 13.8 Å². The number of nitrogens with one attached hydrogen (secondary N) is 1. The van der Waals surface area contributed by atoms with Crippen molar-refractivity contribution in [2.24, 2.45) is 0 Å². The predicted molar refractivity (Wildman–Crippen MR) is 48.1 cm³/mol. The summed E-state index contributed by atoms with van der Waals surface area (Å²) in [5, 5.41) is 0. The van der Waals surface area contributed by atoms with Crippen LogP contribution in [0.1, 0.15) is 24.2 Å². The normalized spacial score (nSPS) is 11.5. The van der Waals surface area contributed by atoms with Crippen LogP contribution in [0.25, 0.3) is 0 Å². The molecule has 1 rings (SSSR count). The molecule has 0 spiro atoms. The van der Waals surface area contributed by atoms with E-state index < -0.39 is 4.32 Å². The number of hydrogen-bond acceptors (Lipinski definition) is 1. The van der Waals surface area contributed by atoms with E-state index in [4.69, 9.17) is 0 Å². The smallest absolute Gasteiger partial charge is 0.180 e. The number of carbonyl (C=O) groups is 1. The van der Waals surface area contributed by atoms with Crippen molar-refractivity contribution < 1.29 is 4.79 Å². The lowest BCUT2D eigenvalue weighted by Crippen LogP contribution is -2.23. The first-order chi connectivity index (χ1) is 5.02. The second-order valence-electron chi connectivity index (χ2n) is 2.90. The largest absolute Gasteiger partial charge is 0.367 e. The second kappa shape index (κ2) is 2.81. The Labute approximate surface area is 74.1 Å². The van der Waals surface area contributed by atoms with Crippen molar-refractivity contribution in [1.29, 1.82) is 0 Å². The molecule has 60 valence electrons. The molecular formula is C8H10BrNO. The predicted octanol–water partition coefficient (Wildman–Crippen LogP) is 2.37. The van der Waals surface area contributed by atoms with Crippen LogP contribution >= 0.6 is 15.9 Å². The van der Waals surface area contributed by atoms with Gasteiger partial charge in [0.25, 0.3) is 0 Å². The summed E-state index contributed by atoms with van der Waals surface area (Å²) in [7, 11) is 0. The Morgan fingerprint density at radius 3 is 2.64 bits per heavy atom. The van der Waals surface area contributed by atoms with Gasteiger partial charge in [0.05, 0.1) is 4.32 Å². The summed E-state index contributed by atoms with van der Waals surface area (Å²) in [5.41, 5.74) is 0.715. The third-order valence-electron chi connectivity index (χ3n) is 1.40. The first kappa shape index (κ1) is 8.53. The van der Waals surface area contributed by atoms with Crippen LogP contribution in [0.5, 0.6) is 0 Å². The van der Waals surface area contributed by atoms with Crippen molar-refractivity contribution in [3.05, 3.63) is 24.0 Å². The number of halogens is 1. The van der Waals surface area contributed by atoms with E-state index >= 15 is 0 Å². The Hall–Kier alpha value is -0.570. The first-order valence-corrected chi connectivity index (χ1v) is 4.17. The van der Waals surface area contributed by atoms with Gasteiger partial charge in [-0.1, -0.05) is 15.9 Å². The highest BCUT2D eigenvalue weighted by Crippen LogP contribution is 2.21. The molecule has 0 aliphatic heterocycles. The number of carbonyl (C=O) groups excluding carboxylic acids is 1. The Kier molecular flexibility index (Phi) is 2.18. The molecule has 0 aromatic carbocycles. The molecule has 0 saturated carbocycles. The maximum absolute atomic E-state index is 11.5. The lowest BCUT2D eigenvalue weighted by atomic mass is 10.0. The Morgan fingerprint density at radius 1 is 1.64 bits per heavy atom. The van der Waals surface area contributed by atoms with Crippen molar-refractivity contribution in [2.45, 2.75) is 18.2 Å². The number of ketones is 1. The van der Waals surface area contributed by atoms with Crippen LogP contribution in [-0.2, 0) is 0 Å². The van der Waals surface area contributed by atoms with Gasteiger partial charge in [0.15, 0.2) is 5.78 Å². The van der Waals surface area contributed by atoms with E-state index in [1.54, 1.807) is 18.5 Å². The van der Waals surface area contributed by atoms with Gasteiger partial charge in [-0.05, 0) is 19.9 Å². The van der Waals surface area contributed by atoms with E-state index in [2.05, 4.69) is 20.9 Å². The average molecular weight is 216 g/mol. The van der Waals surface area contributed by atoms with Crippen molar-refractivity contribution in [3.8, 4) is 0 Å². The number of H-pyrrole nitrogens is 1. The van der Waals surface area contributed by atoms with Gasteiger partial charge in [-0.3, -0.25) is 4.79 Å². The number of hydrogen-bond donors (Lipinski definition) is 1.